The molecular formula is C23H31F5O3. The normalized spacial score (nSPS) is 19.8. The first kappa shape index (κ1) is 25.4. The smallest absolute Gasteiger partial charge is 0.453 e. The molecule has 176 valence electrons. The maximum absolute atomic E-state index is 13.5. The lowest BCUT2D eigenvalue weighted by Gasteiger charge is -2.33. The molecule has 0 amide bonds. The topological polar surface area (TPSA) is 35.5 Å². The molecule has 0 atom stereocenters. The summed E-state index contributed by atoms with van der Waals surface area (Å²) in [6.07, 6.45) is 0.599. The van der Waals surface area contributed by atoms with Gasteiger partial charge in [-0.3, -0.25) is 4.79 Å². The SMILES string of the molecule is CCCCCCCCOc1ccc(OC(=O)[C@H]2CC[C@H](C(F)(F)C(F)(F)F)CC2)cc1. The lowest BCUT2D eigenvalue weighted by Crippen LogP contribution is -2.45. The lowest BCUT2D eigenvalue weighted by atomic mass is 9.78. The minimum absolute atomic E-state index is 0.0470. The molecule has 0 bridgehead atoms. The molecule has 0 spiro atoms. The van der Waals surface area contributed by atoms with Gasteiger partial charge in [-0.05, 0) is 56.4 Å². The number of rotatable bonds is 11. The van der Waals surface area contributed by atoms with Crippen LogP contribution in [-0.4, -0.2) is 24.7 Å². The summed E-state index contributed by atoms with van der Waals surface area (Å²) in [4.78, 5) is 12.3. The number of carbonyl (C=O) groups excluding carboxylic acids is 1. The van der Waals surface area contributed by atoms with Crippen molar-refractivity contribution in [2.75, 3.05) is 6.61 Å². The van der Waals surface area contributed by atoms with Crippen LogP contribution in [-0.2, 0) is 4.79 Å². The van der Waals surface area contributed by atoms with E-state index in [1.165, 1.54) is 25.7 Å². The van der Waals surface area contributed by atoms with Crippen molar-refractivity contribution in [2.45, 2.75) is 83.2 Å². The minimum atomic E-state index is -5.57. The van der Waals surface area contributed by atoms with E-state index in [-0.39, 0.29) is 25.7 Å². The number of esters is 1. The van der Waals surface area contributed by atoms with Gasteiger partial charge in [0.2, 0.25) is 0 Å². The Labute approximate surface area is 180 Å². The predicted molar refractivity (Wildman–Crippen MR) is 107 cm³/mol. The van der Waals surface area contributed by atoms with Crippen molar-refractivity contribution in [2.24, 2.45) is 11.8 Å². The zero-order chi connectivity index (χ0) is 22.9. The number of halogens is 5. The van der Waals surface area contributed by atoms with Gasteiger partial charge < -0.3 is 9.47 Å². The van der Waals surface area contributed by atoms with E-state index in [0.29, 0.717) is 18.1 Å². The fourth-order valence-corrected chi connectivity index (χ4v) is 3.80. The molecule has 0 aromatic heterocycles. The molecule has 2 rings (SSSR count). The van der Waals surface area contributed by atoms with Gasteiger partial charge in [0.25, 0.3) is 0 Å². The molecule has 1 saturated carbocycles. The molecule has 1 aliphatic carbocycles. The van der Waals surface area contributed by atoms with Gasteiger partial charge in [-0.1, -0.05) is 39.0 Å². The Balaban J connectivity index is 1.72. The zero-order valence-corrected chi connectivity index (χ0v) is 17.9. The summed E-state index contributed by atoms with van der Waals surface area (Å²) in [5.41, 5.74) is 0. The summed E-state index contributed by atoms with van der Waals surface area (Å²) in [6, 6.07) is 6.52. The fraction of sp³-hybridized carbons (Fsp3) is 0.696. The molecular weight excluding hydrogens is 419 g/mol. The molecule has 0 heterocycles. The van der Waals surface area contributed by atoms with Crippen LogP contribution in [0.1, 0.15) is 71.1 Å². The molecule has 1 aromatic rings. The van der Waals surface area contributed by atoms with Crippen LogP contribution in [0.4, 0.5) is 22.0 Å². The van der Waals surface area contributed by atoms with Gasteiger partial charge in [0, 0.05) is 5.92 Å². The predicted octanol–water partition coefficient (Wildman–Crippen LogP) is 7.34. The van der Waals surface area contributed by atoms with E-state index in [2.05, 4.69) is 6.92 Å². The van der Waals surface area contributed by atoms with Crippen LogP contribution in [0.15, 0.2) is 24.3 Å². The third kappa shape index (κ3) is 7.65. The summed E-state index contributed by atoms with van der Waals surface area (Å²) in [5.74, 6) is -6.85. The Morgan fingerprint density at radius 3 is 2.00 bits per heavy atom. The van der Waals surface area contributed by atoms with Crippen molar-refractivity contribution in [3.8, 4) is 11.5 Å². The first-order chi connectivity index (χ1) is 14.6. The van der Waals surface area contributed by atoms with Crippen LogP contribution in [0.25, 0.3) is 0 Å². The van der Waals surface area contributed by atoms with E-state index in [1.807, 2.05) is 0 Å². The highest BCUT2D eigenvalue weighted by atomic mass is 19.4. The Morgan fingerprint density at radius 1 is 0.871 bits per heavy atom. The quantitative estimate of drug-likeness (QED) is 0.153. The lowest BCUT2D eigenvalue weighted by molar-refractivity contribution is -0.306. The van der Waals surface area contributed by atoms with Crippen molar-refractivity contribution >= 4 is 5.97 Å². The standard InChI is InChI=1S/C23H31F5O3/c1-2-3-4-5-6-7-16-30-19-12-14-20(15-13-19)31-21(29)17-8-10-18(11-9-17)22(24,25)23(26,27)28/h12-15,17-18H,2-11,16H2,1H3/t17-,18-. The second-order valence-electron chi connectivity index (χ2n) is 8.18. The molecule has 1 fully saturated rings. The molecule has 0 aliphatic heterocycles. The van der Waals surface area contributed by atoms with Gasteiger partial charge in [0.15, 0.2) is 0 Å². The van der Waals surface area contributed by atoms with Gasteiger partial charge in [-0.15, -0.1) is 0 Å². The Kier molecular flexibility index (Phi) is 9.56. The highest BCUT2D eigenvalue weighted by Gasteiger charge is 2.62. The van der Waals surface area contributed by atoms with E-state index in [4.69, 9.17) is 9.47 Å². The van der Waals surface area contributed by atoms with Crippen LogP contribution < -0.4 is 9.47 Å². The molecule has 0 N–H and O–H groups in total. The van der Waals surface area contributed by atoms with E-state index < -0.39 is 29.9 Å². The number of unbranched alkanes of at least 4 members (excludes halogenated alkanes) is 5. The number of carbonyl (C=O) groups is 1. The van der Waals surface area contributed by atoms with Crippen LogP contribution in [0.3, 0.4) is 0 Å². The van der Waals surface area contributed by atoms with Crippen LogP contribution in [0, 0.1) is 11.8 Å². The van der Waals surface area contributed by atoms with Gasteiger partial charge in [0.1, 0.15) is 11.5 Å². The summed E-state index contributed by atoms with van der Waals surface area (Å²) >= 11 is 0. The Hall–Kier alpha value is -1.86. The molecule has 0 radical (unpaired) electrons. The van der Waals surface area contributed by atoms with E-state index in [1.54, 1.807) is 24.3 Å². The van der Waals surface area contributed by atoms with Crippen molar-refractivity contribution in [1.29, 1.82) is 0 Å². The first-order valence-electron chi connectivity index (χ1n) is 11.0. The molecule has 0 unspecified atom stereocenters. The summed E-state index contributed by atoms with van der Waals surface area (Å²) in [7, 11) is 0. The molecule has 0 saturated heterocycles. The first-order valence-corrected chi connectivity index (χ1v) is 11.0. The van der Waals surface area contributed by atoms with E-state index >= 15 is 0 Å². The van der Waals surface area contributed by atoms with Crippen LogP contribution in [0.2, 0.25) is 0 Å². The van der Waals surface area contributed by atoms with Gasteiger partial charge >= 0.3 is 18.1 Å². The van der Waals surface area contributed by atoms with Crippen LogP contribution >= 0.6 is 0 Å². The maximum Gasteiger partial charge on any atom is 0.453 e. The monoisotopic (exact) mass is 450 g/mol. The molecule has 1 aromatic carbocycles. The third-order valence-corrected chi connectivity index (χ3v) is 5.76. The van der Waals surface area contributed by atoms with E-state index in [0.717, 1.165) is 12.8 Å². The van der Waals surface area contributed by atoms with Crippen molar-refractivity contribution in [3.05, 3.63) is 24.3 Å². The number of hydrogen-bond acceptors (Lipinski definition) is 3. The summed E-state index contributed by atoms with van der Waals surface area (Å²) in [5, 5.41) is 0. The number of ether oxygens (including phenoxy) is 2. The second kappa shape index (κ2) is 11.7. The molecule has 1 aliphatic rings. The van der Waals surface area contributed by atoms with Crippen LogP contribution in [0.5, 0.6) is 11.5 Å². The average molecular weight is 450 g/mol. The number of alkyl halides is 5. The summed E-state index contributed by atoms with van der Waals surface area (Å²) in [6.45, 7) is 2.78. The minimum Gasteiger partial charge on any atom is -0.494 e. The highest BCUT2D eigenvalue weighted by Crippen LogP contribution is 2.47. The van der Waals surface area contributed by atoms with Gasteiger partial charge in [-0.2, -0.15) is 22.0 Å². The molecule has 3 nitrogen and oxygen atoms in total. The average Bonchev–Trinajstić information content (AvgIpc) is 2.73. The van der Waals surface area contributed by atoms with Crippen molar-refractivity contribution < 1.29 is 36.2 Å². The second-order valence-corrected chi connectivity index (χ2v) is 8.18. The molecule has 8 heteroatoms. The maximum atomic E-state index is 13.5. The third-order valence-electron chi connectivity index (χ3n) is 5.76. The highest BCUT2D eigenvalue weighted by molar-refractivity contribution is 5.75. The molecule has 31 heavy (non-hydrogen) atoms. The van der Waals surface area contributed by atoms with E-state index in [9.17, 15) is 26.7 Å². The number of hydrogen-bond donors (Lipinski definition) is 0. The fourth-order valence-electron chi connectivity index (χ4n) is 3.80. The zero-order valence-electron chi connectivity index (χ0n) is 17.9. The van der Waals surface area contributed by atoms with Gasteiger partial charge in [-0.25, -0.2) is 0 Å². The van der Waals surface area contributed by atoms with Gasteiger partial charge in [0.05, 0.1) is 12.5 Å². The number of benzene rings is 1. The largest absolute Gasteiger partial charge is 0.494 e. The Bertz CT molecular complexity index is 665. The van der Waals surface area contributed by atoms with Crippen molar-refractivity contribution in [1.82, 2.24) is 0 Å². The van der Waals surface area contributed by atoms with Crippen molar-refractivity contribution in [3.63, 3.8) is 0 Å². The summed E-state index contributed by atoms with van der Waals surface area (Å²) < 4.78 is 75.4. The Morgan fingerprint density at radius 2 is 1.42 bits per heavy atom.